The molecule has 1 aliphatic heterocycles. The summed E-state index contributed by atoms with van der Waals surface area (Å²) in [5.41, 5.74) is 2.90. The van der Waals surface area contributed by atoms with Crippen LogP contribution in [0.2, 0.25) is 0 Å². The fraction of sp³-hybridized carbons (Fsp3) is 0.242. The Kier molecular flexibility index (Phi) is 8.92. The van der Waals surface area contributed by atoms with Gasteiger partial charge < -0.3 is 14.9 Å². The molecular weight excluding hydrogens is 617 g/mol. The number of benzene rings is 4. The number of nitrogens with one attached hydrogen (secondary N) is 1. The Bertz CT molecular complexity index is 1990. The molecular formula is C33H34N2O8S2. The normalized spacial score (nSPS) is 13.8. The van der Waals surface area contributed by atoms with E-state index in [0.29, 0.717) is 12.1 Å². The predicted molar refractivity (Wildman–Crippen MR) is 170 cm³/mol. The summed E-state index contributed by atoms with van der Waals surface area (Å²) < 4.78 is 63.2. The van der Waals surface area contributed by atoms with Crippen molar-refractivity contribution in [3.05, 3.63) is 107 Å². The Labute approximate surface area is 263 Å². The minimum Gasteiger partial charge on any atom is -0.504 e. The lowest BCUT2D eigenvalue weighted by Crippen LogP contribution is -2.36. The number of fused-ring (bicyclic) bond motifs is 1. The van der Waals surface area contributed by atoms with Gasteiger partial charge in [-0.15, -0.1) is 0 Å². The number of para-hydroxylation sites is 1. The minimum atomic E-state index is -4.15. The number of nitrogens with zero attached hydrogens (tertiary/aromatic N) is 1. The Morgan fingerprint density at radius 2 is 1.60 bits per heavy atom. The number of ether oxygens (including phenoxy) is 1. The second-order valence-electron chi connectivity index (χ2n) is 11.1. The van der Waals surface area contributed by atoms with Crippen molar-refractivity contribution >= 4 is 31.5 Å². The molecule has 5 rings (SSSR count). The number of aromatic hydroxyl groups is 2. The lowest BCUT2D eigenvalue weighted by molar-refractivity contribution is 0.0988. The third kappa shape index (κ3) is 6.53. The van der Waals surface area contributed by atoms with Gasteiger partial charge in [-0.25, -0.2) is 16.8 Å². The number of Topliss-reactive ketones (excluding diaryl/α,β-unsaturated/α-hetero) is 1. The number of hydrogen-bond acceptors (Lipinski definition) is 8. The fourth-order valence-corrected chi connectivity index (χ4v) is 8.01. The van der Waals surface area contributed by atoms with Crippen molar-refractivity contribution in [2.24, 2.45) is 0 Å². The monoisotopic (exact) mass is 650 g/mol. The van der Waals surface area contributed by atoms with Crippen LogP contribution in [0.4, 0.5) is 5.69 Å². The zero-order chi connectivity index (χ0) is 32.5. The molecule has 0 radical (unpaired) electrons. The molecule has 0 bridgehead atoms. The highest BCUT2D eigenvalue weighted by molar-refractivity contribution is 7.92. The van der Waals surface area contributed by atoms with Crippen LogP contribution in [-0.4, -0.2) is 50.8 Å². The van der Waals surface area contributed by atoms with Crippen LogP contribution in [0, 0.1) is 0 Å². The Hall–Kier alpha value is -4.39. The van der Waals surface area contributed by atoms with Gasteiger partial charge in [0, 0.05) is 31.1 Å². The minimum absolute atomic E-state index is 0.0577. The lowest BCUT2D eigenvalue weighted by Gasteiger charge is -2.28. The van der Waals surface area contributed by atoms with Crippen molar-refractivity contribution in [2.75, 3.05) is 18.4 Å². The number of phenolic OH excluding ortho intramolecular Hbond substituents is 2. The van der Waals surface area contributed by atoms with E-state index in [0.717, 1.165) is 28.8 Å². The van der Waals surface area contributed by atoms with E-state index in [1.807, 2.05) is 50.2 Å². The highest BCUT2D eigenvalue weighted by atomic mass is 32.2. The first-order valence-electron chi connectivity index (χ1n) is 14.3. The van der Waals surface area contributed by atoms with Gasteiger partial charge in [-0.2, -0.15) is 4.31 Å². The van der Waals surface area contributed by atoms with Gasteiger partial charge in [0.15, 0.2) is 17.3 Å². The SMILES string of the molecule is COc1ccc(S(=O)(=O)Nc2ccccc2C(C)C)cc1CC(=O)c1cc(S(=O)(=O)N2CCc3ccccc3C2)cc(O)c1O. The van der Waals surface area contributed by atoms with Gasteiger partial charge >= 0.3 is 0 Å². The average Bonchev–Trinajstić information content (AvgIpc) is 3.01. The molecule has 0 aromatic heterocycles. The molecule has 1 aliphatic rings. The summed E-state index contributed by atoms with van der Waals surface area (Å²) in [4.78, 5) is 13.1. The van der Waals surface area contributed by atoms with E-state index in [1.165, 1.54) is 29.6 Å². The van der Waals surface area contributed by atoms with E-state index in [2.05, 4.69) is 4.72 Å². The maximum Gasteiger partial charge on any atom is 0.261 e. The average molecular weight is 651 g/mol. The molecule has 0 unspecified atom stereocenters. The number of rotatable bonds is 10. The number of anilines is 1. The molecule has 4 aromatic carbocycles. The maximum absolute atomic E-state index is 13.6. The zero-order valence-corrected chi connectivity index (χ0v) is 26.7. The van der Waals surface area contributed by atoms with E-state index >= 15 is 0 Å². The number of phenols is 2. The molecule has 0 fully saturated rings. The van der Waals surface area contributed by atoms with Gasteiger partial charge in [-0.05, 0) is 59.4 Å². The third-order valence-corrected chi connectivity index (χ3v) is 11.0. The Morgan fingerprint density at radius 1 is 0.911 bits per heavy atom. The van der Waals surface area contributed by atoms with Crippen LogP contribution in [0.15, 0.2) is 88.7 Å². The molecule has 12 heteroatoms. The number of carbonyl (C=O) groups excluding carboxylic acids is 1. The number of ketones is 1. The first kappa shape index (κ1) is 32.0. The van der Waals surface area contributed by atoms with Crippen LogP contribution in [0.25, 0.3) is 0 Å². The van der Waals surface area contributed by atoms with Crippen molar-refractivity contribution in [1.82, 2.24) is 4.31 Å². The van der Waals surface area contributed by atoms with E-state index in [4.69, 9.17) is 4.74 Å². The molecule has 0 spiro atoms. The van der Waals surface area contributed by atoms with Crippen LogP contribution in [-0.2, 0) is 39.4 Å². The molecule has 0 saturated heterocycles. The summed E-state index contributed by atoms with van der Waals surface area (Å²) >= 11 is 0. The summed E-state index contributed by atoms with van der Waals surface area (Å²) in [7, 11) is -6.87. The Balaban J connectivity index is 1.45. The molecule has 10 nitrogen and oxygen atoms in total. The zero-order valence-electron chi connectivity index (χ0n) is 25.0. The van der Waals surface area contributed by atoms with Crippen LogP contribution < -0.4 is 9.46 Å². The number of hydrogen-bond donors (Lipinski definition) is 3. The summed E-state index contributed by atoms with van der Waals surface area (Å²) in [6.45, 7) is 4.22. The van der Waals surface area contributed by atoms with Crippen LogP contribution >= 0.6 is 0 Å². The van der Waals surface area contributed by atoms with Crippen molar-refractivity contribution in [2.45, 2.75) is 48.9 Å². The predicted octanol–water partition coefficient (Wildman–Crippen LogP) is 5.20. The van der Waals surface area contributed by atoms with Gasteiger partial charge in [-0.1, -0.05) is 56.3 Å². The second kappa shape index (κ2) is 12.5. The molecule has 4 aromatic rings. The third-order valence-electron chi connectivity index (χ3n) is 7.84. The van der Waals surface area contributed by atoms with Crippen molar-refractivity contribution in [1.29, 1.82) is 0 Å². The molecule has 236 valence electrons. The summed E-state index contributed by atoms with van der Waals surface area (Å²) in [6.07, 6.45) is 0.0465. The van der Waals surface area contributed by atoms with Gasteiger partial charge in [0.05, 0.1) is 28.2 Å². The first-order valence-corrected chi connectivity index (χ1v) is 17.2. The molecule has 0 aliphatic carbocycles. The fourth-order valence-electron chi connectivity index (χ4n) is 5.40. The van der Waals surface area contributed by atoms with Crippen molar-refractivity contribution in [3.63, 3.8) is 0 Å². The van der Waals surface area contributed by atoms with E-state index in [-0.39, 0.29) is 40.1 Å². The van der Waals surface area contributed by atoms with Crippen LogP contribution in [0.1, 0.15) is 52.4 Å². The van der Waals surface area contributed by atoms with Crippen LogP contribution in [0.3, 0.4) is 0 Å². The molecule has 0 atom stereocenters. The topological polar surface area (TPSA) is 150 Å². The Morgan fingerprint density at radius 3 is 2.31 bits per heavy atom. The molecule has 45 heavy (non-hydrogen) atoms. The smallest absolute Gasteiger partial charge is 0.261 e. The van der Waals surface area contributed by atoms with E-state index in [9.17, 15) is 31.8 Å². The van der Waals surface area contributed by atoms with E-state index in [1.54, 1.807) is 12.1 Å². The number of carbonyl (C=O) groups is 1. The van der Waals surface area contributed by atoms with E-state index < -0.39 is 49.3 Å². The quantitative estimate of drug-likeness (QED) is 0.157. The first-order chi connectivity index (χ1) is 21.3. The highest BCUT2D eigenvalue weighted by Gasteiger charge is 2.31. The maximum atomic E-state index is 13.6. The standard InChI is InChI=1S/C33H34N2O8S2/c1-21(2)27-10-6-7-11-29(27)34-44(39,40)25-12-13-32(43-3)24(16-25)17-30(36)28-18-26(19-31(37)33(28)38)45(41,42)35-15-14-22-8-4-5-9-23(22)20-35/h4-13,16,18-19,21,34,37-38H,14-15,17,20H2,1-3H3. The number of methoxy groups -OCH3 is 1. The molecule has 0 saturated carbocycles. The second-order valence-corrected chi connectivity index (χ2v) is 14.7. The van der Waals surface area contributed by atoms with Gasteiger partial charge in [0.25, 0.3) is 10.0 Å². The van der Waals surface area contributed by atoms with Gasteiger partial charge in [-0.3, -0.25) is 9.52 Å². The summed E-state index contributed by atoms with van der Waals surface area (Å²) in [5.74, 6) is -2.03. The van der Waals surface area contributed by atoms with Crippen molar-refractivity contribution < 1.29 is 36.6 Å². The summed E-state index contributed by atoms with van der Waals surface area (Å²) in [6, 6.07) is 20.6. The molecule has 0 amide bonds. The van der Waals surface area contributed by atoms with Gasteiger partial charge in [0.1, 0.15) is 5.75 Å². The summed E-state index contributed by atoms with van der Waals surface area (Å²) in [5, 5.41) is 21.1. The molecule has 1 heterocycles. The van der Waals surface area contributed by atoms with Gasteiger partial charge in [0.2, 0.25) is 10.0 Å². The van der Waals surface area contributed by atoms with Crippen molar-refractivity contribution in [3.8, 4) is 17.2 Å². The lowest BCUT2D eigenvalue weighted by atomic mass is 10.0. The highest BCUT2D eigenvalue weighted by Crippen LogP contribution is 2.36. The molecule has 3 N–H and O–H groups in total. The number of sulfonamides is 2. The van der Waals surface area contributed by atoms with Crippen LogP contribution in [0.5, 0.6) is 17.2 Å². The largest absolute Gasteiger partial charge is 0.504 e.